The second kappa shape index (κ2) is 7.29. The molecule has 0 bridgehead atoms. The second-order valence-electron chi connectivity index (χ2n) is 4.47. The number of aliphatic hydroxyl groups is 1. The summed E-state index contributed by atoms with van der Waals surface area (Å²) in [6, 6.07) is 13.3. The Labute approximate surface area is 124 Å². The van der Waals surface area contributed by atoms with Crippen molar-refractivity contribution in [3.8, 4) is 11.5 Å². The minimum absolute atomic E-state index is 0.0965. The Bertz CT molecular complexity index is 572. The first kappa shape index (κ1) is 14.9. The zero-order chi connectivity index (χ0) is 14.4. The molecule has 0 saturated carbocycles. The third kappa shape index (κ3) is 3.73. The molecule has 0 radical (unpaired) electrons. The van der Waals surface area contributed by atoms with Gasteiger partial charge in [-0.25, -0.2) is 0 Å². The van der Waals surface area contributed by atoms with Gasteiger partial charge in [0.2, 0.25) is 0 Å². The molecule has 0 amide bonds. The molecule has 0 aliphatic rings. The molecule has 0 heterocycles. The van der Waals surface area contributed by atoms with Crippen LogP contribution >= 0.6 is 11.6 Å². The van der Waals surface area contributed by atoms with E-state index in [1.807, 2.05) is 49.5 Å². The standard InChI is InChI=1S/C16H18ClNO2/c1-18-11-13-6-7-14(17)10-16(13)20-15-5-3-2-4-12(15)8-9-19/h2-7,10,18-19H,8-9,11H2,1H3. The van der Waals surface area contributed by atoms with Crippen molar-refractivity contribution in [3.63, 3.8) is 0 Å². The average molecular weight is 292 g/mol. The molecule has 4 heteroatoms. The third-order valence-electron chi connectivity index (χ3n) is 2.97. The number of ether oxygens (including phenoxy) is 1. The fraction of sp³-hybridized carbons (Fsp3) is 0.250. The predicted octanol–water partition coefficient (Wildman–Crippen LogP) is 3.39. The summed E-state index contributed by atoms with van der Waals surface area (Å²) in [5, 5.41) is 12.9. The van der Waals surface area contributed by atoms with Crippen LogP contribution in [0.4, 0.5) is 0 Å². The van der Waals surface area contributed by atoms with E-state index in [-0.39, 0.29) is 6.61 Å². The largest absolute Gasteiger partial charge is 0.457 e. The monoisotopic (exact) mass is 291 g/mol. The molecule has 20 heavy (non-hydrogen) atoms. The lowest BCUT2D eigenvalue weighted by Gasteiger charge is -2.14. The fourth-order valence-corrected chi connectivity index (χ4v) is 2.17. The number of nitrogens with one attached hydrogen (secondary N) is 1. The van der Waals surface area contributed by atoms with E-state index in [9.17, 15) is 0 Å². The molecule has 3 nitrogen and oxygen atoms in total. The summed E-state index contributed by atoms with van der Waals surface area (Å²) in [7, 11) is 1.89. The molecule has 2 aromatic carbocycles. The van der Waals surface area contributed by atoms with Gasteiger partial charge in [0.15, 0.2) is 0 Å². The molecule has 2 rings (SSSR count). The van der Waals surface area contributed by atoms with Gasteiger partial charge in [0.25, 0.3) is 0 Å². The van der Waals surface area contributed by atoms with Crippen molar-refractivity contribution >= 4 is 11.6 Å². The highest BCUT2D eigenvalue weighted by molar-refractivity contribution is 6.30. The van der Waals surface area contributed by atoms with E-state index in [1.165, 1.54) is 0 Å². The van der Waals surface area contributed by atoms with Gasteiger partial charge in [-0.1, -0.05) is 35.9 Å². The number of rotatable bonds is 6. The Morgan fingerprint density at radius 1 is 1.10 bits per heavy atom. The first-order valence-corrected chi connectivity index (χ1v) is 6.92. The zero-order valence-electron chi connectivity index (χ0n) is 11.4. The number of hydrogen-bond acceptors (Lipinski definition) is 3. The van der Waals surface area contributed by atoms with Crippen LogP contribution in [0.3, 0.4) is 0 Å². The highest BCUT2D eigenvalue weighted by Crippen LogP contribution is 2.30. The van der Waals surface area contributed by atoms with E-state index in [0.29, 0.717) is 18.0 Å². The van der Waals surface area contributed by atoms with E-state index in [4.69, 9.17) is 21.4 Å². The Morgan fingerprint density at radius 3 is 2.65 bits per heavy atom. The molecule has 0 aliphatic carbocycles. The molecule has 0 saturated heterocycles. The van der Waals surface area contributed by atoms with Crippen LogP contribution in [-0.2, 0) is 13.0 Å². The summed E-state index contributed by atoms with van der Waals surface area (Å²) < 4.78 is 5.99. The van der Waals surface area contributed by atoms with Crippen LogP contribution in [0.1, 0.15) is 11.1 Å². The number of hydrogen-bond donors (Lipinski definition) is 2. The van der Waals surface area contributed by atoms with Crippen molar-refractivity contribution in [2.45, 2.75) is 13.0 Å². The summed E-state index contributed by atoms with van der Waals surface area (Å²) in [6.45, 7) is 0.800. The number of halogens is 1. The fourth-order valence-electron chi connectivity index (χ4n) is 2.01. The molecule has 0 atom stereocenters. The van der Waals surface area contributed by atoms with Gasteiger partial charge in [-0.3, -0.25) is 0 Å². The summed E-state index contributed by atoms with van der Waals surface area (Å²) >= 11 is 6.04. The highest BCUT2D eigenvalue weighted by atomic mass is 35.5. The third-order valence-corrected chi connectivity index (χ3v) is 3.21. The Balaban J connectivity index is 2.31. The molecule has 106 valence electrons. The summed E-state index contributed by atoms with van der Waals surface area (Å²) in [5.41, 5.74) is 2.01. The predicted molar refractivity (Wildman–Crippen MR) is 81.5 cm³/mol. The summed E-state index contributed by atoms with van der Waals surface area (Å²) in [4.78, 5) is 0. The maximum absolute atomic E-state index is 9.11. The van der Waals surface area contributed by atoms with E-state index in [0.717, 1.165) is 22.6 Å². The lowest BCUT2D eigenvalue weighted by atomic mass is 10.1. The van der Waals surface area contributed by atoms with Crippen molar-refractivity contribution in [2.75, 3.05) is 13.7 Å². The molecule has 2 aromatic rings. The smallest absolute Gasteiger partial charge is 0.133 e. The molecule has 2 N–H and O–H groups in total. The van der Waals surface area contributed by atoms with Crippen LogP contribution in [0.5, 0.6) is 11.5 Å². The Morgan fingerprint density at radius 2 is 1.90 bits per heavy atom. The lowest BCUT2D eigenvalue weighted by molar-refractivity contribution is 0.298. The first-order chi connectivity index (χ1) is 9.74. The van der Waals surface area contributed by atoms with Crippen LogP contribution in [0.2, 0.25) is 5.02 Å². The van der Waals surface area contributed by atoms with E-state index >= 15 is 0 Å². The highest BCUT2D eigenvalue weighted by Gasteiger charge is 2.08. The minimum Gasteiger partial charge on any atom is -0.457 e. The van der Waals surface area contributed by atoms with Gasteiger partial charge in [-0.05, 0) is 37.2 Å². The number of benzene rings is 2. The lowest BCUT2D eigenvalue weighted by Crippen LogP contribution is -2.06. The van der Waals surface area contributed by atoms with Crippen molar-refractivity contribution in [3.05, 3.63) is 58.6 Å². The Kier molecular flexibility index (Phi) is 5.41. The second-order valence-corrected chi connectivity index (χ2v) is 4.90. The quantitative estimate of drug-likeness (QED) is 0.857. The summed E-state index contributed by atoms with van der Waals surface area (Å²) in [6.07, 6.45) is 0.568. The van der Waals surface area contributed by atoms with Crippen LogP contribution in [0, 0.1) is 0 Å². The maximum atomic E-state index is 9.11. The van der Waals surface area contributed by atoms with Gasteiger partial charge in [0.05, 0.1) is 0 Å². The van der Waals surface area contributed by atoms with Crippen LogP contribution < -0.4 is 10.1 Å². The zero-order valence-corrected chi connectivity index (χ0v) is 12.2. The Hall–Kier alpha value is -1.55. The first-order valence-electron chi connectivity index (χ1n) is 6.54. The van der Waals surface area contributed by atoms with E-state index in [2.05, 4.69) is 5.32 Å². The maximum Gasteiger partial charge on any atom is 0.133 e. The molecule has 0 aromatic heterocycles. The molecule has 0 unspecified atom stereocenters. The molecule has 0 fully saturated rings. The van der Waals surface area contributed by atoms with Gasteiger partial charge in [0.1, 0.15) is 11.5 Å². The van der Waals surface area contributed by atoms with Gasteiger partial charge < -0.3 is 15.2 Å². The van der Waals surface area contributed by atoms with Gasteiger partial charge in [-0.2, -0.15) is 0 Å². The van der Waals surface area contributed by atoms with Crippen molar-refractivity contribution in [2.24, 2.45) is 0 Å². The van der Waals surface area contributed by atoms with Crippen LogP contribution in [0.15, 0.2) is 42.5 Å². The topological polar surface area (TPSA) is 41.5 Å². The van der Waals surface area contributed by atoms with Crippen LogP contribution in [0.25, 0.3) is 0 Å². The average Bonchev–Trinajstić information content (AvgIpc) is 2.44. The van der Waals surface area contributed by atoms with Crippen molar-refractivity contribution in [1.29, 1.82) is 0 Å². The van der Waals surface area contributed by atoms with Gasteiger partial charge >= 0.3 is 0 Å². The number of aliphatic hydroxyl groups excluding tert-OH is 1. The van der Waals surface area contributed by atoms with E-state index in [1.54, 1.807) is 0 Å². The molecular formula is C16H18ClNO2. The molecule has 0 spiro atoms. The SMILES string of the molecule is CNCc1ccc(Cl)cc1Oc1ccccc1CCO. The summed E-state index contributed by atoms with van der Waals surface area (Å²) in [5.74, 6) is 1.48. The molecular weight excluding hydrogens is 274 g/mol. The minimum atomic E-state index is 0.0965. The number of para-hydroxylation sites is 1. The molecule has 0 aliphatic heterocycles. The van der Waals surface area contributed by atoms with Gasteiger partial charge in [-0.15, -0.1) is 0 Å². The van der Waals surface area contributed by atoms with Crippen molar-refractivity contribution in [1.82, 2.24) is 5.32 Å². The van der Waals surface area contributed by atoms with Crippen LogP contribution in [-0.4, -0.2) is 18.8 Å². The van der Waals surface area contributed by atoms with Crippen molar-refractivity contribution < 1.29 is 9.84 Å². The van der Waals surface area contributed by atoms with E-state index < -0.39 is 0 Å². The van der Waals surface area contributed by atoms with Gasteiger partial charge in [0, 0.05) is 23.7 Å². The normalized spacial score (nSPS) is 10.6.